The first-order chi connectivity index (χ1) is 5.24. The average Bonchev–Trinajstić information content (AvgIpc) is 2.05. The second-order valence-corrected chi connectivity index (χ2v) is 2.30. The summed E-state index contributed by atoms with van der Waals surface area (Å²) in [6.45, 7) is 0.158. The summed E-state index contributed by atoms with van der Waals surface area (Å²) in [6, 6.07) is 5.64. The molecule has 60 valence electrons. The Morgan fingerprint density at radius 2 is 1.91 bits per heavy atom. The molecule has 2 nitrogen and oxygen atoms in total. The number of nitrogens with two attached hydrogens (primary N) is 1. The molecule has 0 fully saturated rings. The van der Waals surface area contributed by atoms with Crippen LogP contribution in [-0.4, -0.2) is 11.7 Å². The summed E-state index contributed by atoms with van der Waals surface area (Å²) >= 11 is 0. The first-order valence-corrected chi connectivity index (χ1v) is 3.37. The molecule has 0 aliphatic heterocycles. The molecular formula is C8H10FNO. The van der Waals surface area contributed by atoms with Crippen molar-refractivity contribution in [3.8, 4) is 0 Å². The van der Waals surface area contributed by atoms with E-state index in [9.17, 15) is 9.50 Å². The highest BCUT2D eigenvalue weighted by Gasteiger charge is 2.03. The van der Waals surface area contributed by atoms with Crippen LogP contribution in [0.3, 0.4) is 0 Å². The Morgan fingerprint density at radius 1 is 1.36 bits per heavy atom. The zero-order valence-electron chi connectivity index (χ0n) is 6.00. The Balaban J connectivity index is 2.81. The van der Waals surface area contributed by atoms with E-state index in [1.54, 1.807) is 0 Å². The van der Waals surface area contributed by atoms with Gasteiger partial charge in [0.25, 0.3) is 0 Å². The Kier molecular flexibility index (Phi) is 2.57. The minimum absolute atomic E-state index is 0.158. The molecule has 1 aromatic carbocycles. The Hall–Kier alpha value is -0.930. The minimum atomic E-state index is -0.685. The van der Waals surface area contributed by atoms with E-state index in [4.69, 9.17) is 5.73 Å². The van der Waals surface area contributed by atoms with Gasteiger partial charge in [-0.15, -0.1) is 0 Å². The van der Waals surface area contributed by atoms with Gasteiger partial charge in [-0.2, -0.15) is 0 Å². The van der Waals surface area contributed by atoms with E-state index < -0.39 is 6.10 Å². The number of benzene rings is 1. The second kappa shape index (κ2) is 3.46. The Labute approximate surface area is 64.5 Å². The molecule has 0 unspecified atom stereocenters. The standard InChI is InChI=1S/C8H10FNO/c9-7-3-1-6(2-4-7)8(11)5-10/h1-4,8,11H,5,10H2/t8-/m0/s1. The molecule has 0 heterocycles. The number of rotatable bonds is 2. The van der Waals surface area contributed by atoms with Crippen molar-refractivity contribution in [3.05, 3.63) is 35.6 Å². The van der Waals surface area contributed by atoms with Gasteiger partial charge in [0.2, 0.25) is 0 Å². The van der Waals surface area contributed by atoms with E-state index in [-0.39, 0.29) is 12.4 Å². The van der Waals surface area contributed by atoms with E-state index in [1.165, 1.54) is 24.3 Å². The molecule has 0 aliphatic rings. The van der Waals surface area contributed by atoms with Crippen LogP contribution in [0.1, 0.15) is 11.7 Å². The van der Waals surface area contributed by atoms with E-state index in [1.807, 2.05) is 0 Å². The number of hydrogen-bond acceptors (Lipinski definition) is 2. The van der Waals surface area contributed by atoms with Crippen LogP contribution in [0.5, 0.6) is 0 Å². The average molecular weight is 155 g/mol. The van der Waals surface area contributed by atoms with Gasteiger partial charge in [0.1, 0.15) is 5.82 Å². The fourth-order valence-electron chi connectivity index (χ4n) is 0.821. The topological polar surface area (TPSA) is 46.2 Å². The van der Waals surface area contributed by atoms with Crippen molar-refractivity contribution >= 4 is 0 Å². The summed E-state index contributed by atoms with van der Waals surface area (Å²) in [7, 11) is 0. The highest BCUT2D eigenvalue weighted by Crippen LogP contribution is 2.11. The molecule has 0 bridgehead atoms. The lowest BCUT2D eigenvalue weighted by Gasteiger charge is -2.06. The zero-order chi connectivity index (χ0) is 8.27. The van der Waals surface area contributed by atoms with Gasteiger partial charge >= 0.3 is 0 Å². The zero-order valence-corrected chi connectivity index (χ0v) is 6.00. The Morgan fingerprint density at radius 3 is 2.36 bits per heavy atom. The predicted molar refractivity (Wildman–Crippen MR) is 40.4 cm³/mol. The fourth-order valence-corrected chi connectivity index (χ4v) is 0.821. The lowest BCUT2D eigenvalue weighted by molar-refractivity contribution is 0.186. The molecule has 11 heavy (non-hydrogen) atoms. The third-order valence-corrected chi connectivity index (χ3v) is 1.48. The predicted octanol–water partition coefficient (Wildman–Crippen LogP) is 0.818. The van der Waals surface area contributed by atoms with Gasteiger partial charge < -0.3 is 10.8 Å². The molecule has 0 amide bonds. The molecule has 0 saturated carbocycles. The first-order valence-electron chi connectivity index (χ1n) is 3.37. The highest BCUT2D eigenvalue weighted by atomic mass is 19.1. The van der Waals surface area contributed by atoms with Gasteiger partial charge in [-0.1, -0.05) is 12.1 Å². The molecule has 1 aromatic rings. The van der Waals surface area contributed by atoms with Gasteiger partial charge in [0.05, 0.1) is 6.10 Å². The van der Waals surface area contributed by atoms with Crippen LogP contribution < -0.4 is 5.73 Å². The van der Waals surface area contributed by atoms with Gasteiger partial charge in [-0.25, -0.2) is 4.39 Å². The van der Waals surface area contributed by atoms with Gasteiger partial charge in [0, 0.05) is 6.54 Å². The maximum Gasteiger partial charge on any atom is 0.123 e. The summed E-state index contributed by atoms with van der Waals surface area (Å²) in [5, 5.41) is 9.17. The molecule has 1 atom stereocenters. The summed E-state index contributed by atoms with van der Waals surface area (Å²) in [5.74, 6) is -0.307. The van der Waals surface area contributed by atoms with Crippen LogP contribution in [-0.2, 0) is 0 Å². The van der Waals surface area contributed by atoms with E-state index in [2.05, 4.69) is 0 Å². The summed E-state index contributed by atoms with van der Waals surface area (Å²) < 4.78 is 12.3. The third-order valence-electron chi connectivity index (χ3n) is 1.48. The Bertz CT molecular complexity index is 222. The summed E-state index contributed by atoms with van der Waals surface area (Å²) in [6.07, 6.45) is -0.685. The van der Waals surface area contributed by atoms with Gasteiger partial charge in [0.15, 0.2) is 0 Å². The number of aliphatic hydroxyl groups excluding tert-OH is 1. The van der Waals surface area contributed by atoms with Crippen LogP contribution in [0.4, 0.5) is 4.39 Å². The van der Waals surface area contributed by atoms with Crippen molar-refractivity contribution < 1.29 is 9.50 Å². The van der Waals surface area contributed by atoms with Crippen molar-refractivity contribution in [2.24, 2.45) is 5.73 Å². The molecule has 1 rings (SSSR count). The maximum atomic E-state index is 12.3. The number of aliphatic hydroxyl groups is 1. The number of hydrogen-bond donors (Lipinski definition) is 2. The smallest absolute Gasteiger partial charge is 0.123 e. The maximum absolute atomic E-state index is 12.3. The largest absolute Gasteiger partial charge is 0.387 e. The lowest BCUT2D eigenvalue weighted by atomic mass is 10.1. The normalized spacial score (nSPS) is 13.0. The van der Waals surface area contributed by atoms with Crippen LogP contribution >= 0.6 is 0 Å². The van der Waals surface area contributed by atoms with Gasteiger partial charge in [-0.05, 0) is 17.7 Å². The lowest BCUT2D eigenvalue weighted by Crippen LogP contribution is -2.11. The van der Waals surface area contributed by atoms with Crippen molar-refractivity contribution in [3.63, 3.8) is 0 Å². The molecule has 3 heteroatoms. The van der Waals surface area contributed by atoms with Crippen LogP contribution in [0, 0.1) is 5.82 Å². The van der Waals surface area contributed by atoms with Gasteiger partial charge in [-0.3, -0.25) is 0 Å². The summed E-state index contributed by atoms with van der Waals surface area (Å²) in [5.41, 5.74) is 5.85. The third kappa shape index (κ3) is 2.00. The molecule has 0 aromatic heterocycles. The van der Waals surface area contributed by atoms with E-state index in [0.29, 0.717) is 5.56 Å². The second-order valence-electron chi connectivity index (χ2n) is 2.30. The summed E-state index contributed by atoms with van der Waals surface area (Å²) in [4.78, 5) is 0. The highest BCUT2D eigenvalue weighted by molar-refractivity contribution is 5.18. The van der Waals surface area contributed by atoms with E-state index >= 15 is 0 Å². The minimum Gasteiger partial charge on any atom is -0.387 e. The first kappa shape index (κ1) is 8.17. The van der Waals surface area contributed by atoms with Crippen molar-refractivity contribution in [2.75, 3.05) is 6.54 Å². The van der Waals surface area contributed by atoms with Crippen molar-refractivity contribution in [1.82, 2.24) is 0 Å². The molecule has 0 radical (unpaired) electrons. The SMILES string of the molecule is NC[C@H](O)c1ccc(F)cc1. The monoisotopic (exact) mass is 155 g/mol. The molecule has 0 spiro atoms. The quantitative estimate of drug-likeness (QED) is 0.664. The van der Waals surface area contributed by atoms with Crippen LogP contribution in [0.15, 0.2) is 24.3 Å². The van der Waals surface area contributed by atoms with E-state index in [0.717, 1.165) is 0 Å². The van der Waals surface area contributed by atoms with Crippen molar-refractivity contribution in [2.45, 2.75) is 6.10 Å². The van der Waals surface area contributed by atoms with Crippen LogP contribution in [0.25, 0.3) is 0 Å². The molecule has 0 aliphatic carbocycles. The molecule has 3 N–H and O–H groups in total. The molecule has 0 saturated heterocycles. The molecular weight excluding hydrogens is 145 g/mol. The van der Waals surface area contributed by atoms with Crippen LogP contribution in [0.2, 0.25) is 0 Å². The van der Waals surface area contributed by atoms with Crippen molar-refractivity contribution in [1.29, 1.82) is 0 Å². The number of halogens is 1. The fraction of sp³-hybridized carbons (Fsp3) is 0.250.